The summed E-state index contributed by atoms with van der Waals surface area (Å²) in [6.07, 6.45) is 0.706. The third-order valence-electron chi connectivity index (χ3n) is 4.30. The molecule has 7 nitrogen and oxygen atoms in total. The van der Waals surface area contributed by atoms with Crippen LogP contribution < -0.4 is 15.9 Å². The SMILES string of the molecule is COc1ccc(CCNC(=O)[C@@H](C)Sc2nnc(-c3ccccc3F)n2N)cc1. The summed E-state index contributed by atoms with van der Waals surface area (Å²) in [6.45, 7) is 2.26. The predicted molar refractivity (Wildman–Crippen MR) is 111 cm³/mol. The molecule has 2 aromatic carbocycles. The number of benzene rings is 2. The third-order valence-corrected chi connectivity index (χ3v) is 5.36. The molecular weight excluding hydrogens is 393 g/mol. The maximum Gasteiger partial charge on any atom is 0.233 e. The van der Waals surface area contributed by atoms with Crippen LogP contribution >= 0.6 is 11.8 Å². The predicted octanol–water partition coefficient (Wildman–Crippen LogP) is 2.65. The van der Waals surface area contributed by atoms with Crippen molar-refractivity contribution in [3.05, 3.63) is 59.9 Å². The van der Waals surface area contributed by atoms with Gasteiger partial charge in [0.25, 0.3) is 0 Å². The zero-order chi connectivity index (χ0) is 20.8. The summed E-state index contributed by atoms with van der Waals surface area (Å²) in [5.74, 6) is 6.44. The highest BCUT2D eigenvalue weighted by atomic mass is 32.2. The average Bonchev–Trinajstić information content (AvgIpc) is 3.08. The Hall–Kier alpha value is -3.07. The van der Waals surface area contributed by atoms with Crippen LogP contribution in [0, 0.1) is 5.82 Å². The van der Waals surface area contributed by atoms with E-state index in [4.69, 9.17) is 10.6 Å². The van der Waals surface area contributed by atoms with Crippen LogP contribution in [0.3, 0.4) is 0 Å². The van der Waals surface area contributed by atoms with Gasteiger partial charge in [0.05, 0.1) is 17.9 Å². The summed E-state index contributed by atoms with van der Waals surface area (Å²) < 4.78 is 20.3. The lowest BCUT2D eigenvalue weighted by molar-refractivity contribution is -0.120. The van der Waals surface area contributed by atoms with E-state index in [0.717, 1.165) is 23.1 Å². The van der Waals surface area contributed by atoms with E-state index in [1.54, 1.807) is 32.2 Å². The van der Waals surface area contributed by atoms with Crippen LogP contribution in [-0.2, 0) is 11.2 Å². The van der Waals surface area contributed by atoms with E-state index >= 15 is 0 Å². The number of aromatic nitrogens is 3. The first-order valence-corrected chi connectivity index (χ1v) is 9.90. The number of thioether (sulfide) groups is 1. The van der Waals surface area contributed by atoms with Gasteiger partial charge in [-0.3, -0.25) is 4.79 Å². The normalized spacial score (nSPS) is 11.8. The van der Waals surface area contributed by atoms with Gasteiger partial charge in [-0.05, 0) is 43.2 Å². The number of nitrogens with one attached hydrogen (secondary N) is 1. The van der Waals surface area contributed by atoms with E-state index < -0.39 is 11.1 Å². The number of methoxy groups -OCH3 is 1. The second kappa shape index (κ2) is 9.42. The van der Waals surface area contributed by atoms with Crippen molar-refractivity contribution in [1.29, 1.82) is 0 Å². The standard InChI is InChI=1S/C20H22FN5O2S/c1-13(19(27)23-12-11-14-7-9-15(28-2)10-8-14)29-20-25-24-18(26(20)22)16-5-3-4-6-17(16)21/h3-10,13H,11-12,22H2,1-2H3,(H,23,27)/t13-/m1/s1. The summed E-state index contributed by atoms with van der Waals surface area (Å²) in [5, 5.41) is 10.7. The van der Waals surface area contributed by atoms with E-state index in [9.17, 15) is 9.18 Å². The van der Waals surface area contributed by atoms with Crippen LogP contribution in [0.4, 0.5) is 4.39 Å². The van der Waals surface area contributed by atoms with E-state index in [-0.39, 0.29) is 17.3 Å². The zero-order valence-corrected chi connectivity index (χ0v) is 16.9. The maximum absolute atomic E-state index is 14.0. The molecular formula is C20H22FN5O2S. The molecule has 152 valence electrons. The lowest BCUT2D eigenvalue weighted by atomic mass is 10.1. The molecule has 3 aromatic rings. The zero-order valence-electron chi connectivity index (χ0n) is 16.1. The maximum atomic E-state index is 14.0. The smallest absolute Gasteiger partial charge is 0.233 e. The van der Waals surface area contributed by atoms with Crippen LogP contribution in [0.25, 0.3) is 11.4 Å². The number of amides is 1. The van der Waals surface area contributed by atoms with Gasteiger partial charge in [-0.1, -0.05) is 36.0 Å². The Balaban J connectivity index is 1.55. The molecule has 0 spiro atoms. The number of hydrogen-bond acceptors (Lipinski definition) is 6. The fraction of sp³-hybridized carbons (Fsp3) is 0.250. The van der Waals surface area contributed by atoms with Crippen molar-refractivity contribution >= 4 is 17.7 Å². The molecule has 1 atom stereocenters. The number of carbonyl (C=O) groups is 1. The molecule has 0 saturated heterocycles. The van der Waals surface area contributed by atoms with Crippen molar-refractivity contribution in [1.82, 2.24) is 20.2 Å². The molecule has 1 heterocycles. The Morgan fingerprint density at radius 3 is 2.66 bits per heavy atom. The summed E-state index contributed by atoms with van der Waals surface area (Å²) in [6, 6.07) is 13.9. The average molecular weight is 415 g/mol. The van der Waals surface area contributed by atoms with Gasteiger partial charge in [0.1, 0.15) is 11.6 Å². The summed E-state index contributed by atoms with van der Waals surface area (Å²) in [7, 11) is 1.62. The van der Waals surface area contributed by atoms with Gasteiger partial charge >= 0.3 is 0 Å². The van der Waals surface area contributed by atoms with Crippen molar-refractivity contribution in [3.8, 4) is 17.1 Å². The molecule has 0 fully saturated rings. The summed E-state index contributed by atoms with van der Waals surface area (Å²) >= 11 is 1.16. The highest BCUT2D eigenvalue weighted by molar-refractivity contribution is 8.00. The molecule has 29 heavy (non-hydrogen) atoms. The second-order valence-electron chi connectivity index (χ2n) is 6.31. The highest BCUT2D eigenvalue weighted by Crippen LogP contribution is 2.26. The van der Waals surface area contributed by atoms with Gasteiger partial charge in [-0.25, -0.2) is 9.07 Å². The lowest BCUT2D eigenvalue weighted by Gasteiger charge is -2.12. The first kappa shape index (κ1) is 20.7. The number of carbonyl (C=O) groups excluding carboxylic acids is 1. The molecule has 1 aromatic heterocycles. The number of nitrogens with two attached hydrogens (primary N) is 1. The van der Waals surface area contributed by atoms with Gasteiger partial charge in [0.2, 0.25) is 11.1 Å². The minimum absolute atomic E-state index is 0.140. The van der Waals surface area contributed by atoms with Crippen molar-refractivity contribution in [2.75, 3.05) is 19.5 Å². The van der Waals surface area contributed by atoms with Crippen LogP contribution in [0.1, 0.15) is 12.5 Å². The molecule has 3 N–H and O–H groups in total. The fourth-order valence-electron chi connectivity index (χ4n) is 2.66. The molecule has 3 rings (SSSR count). The number of hydrogen-bond donors (Lipinski definition) is 2. The topological polar surface area (TPSA) is 95.1 Å². The van der Waals surface area contributed by atoms with Gasteiger partial charge in [0, 0.05) is 6.54 Å². The van der Waals surface area contributed by atoms with Crippen molar-refractivity contribution in [2.24, 2.45) is 0 Å². The minimum atomic E-state index is -0.439. The van der Waals surface area contributed by atoms with E-state index in [2.05, 4.69) is 15.5 Å². The summed E-state index contributed by atoms with van der Waals surface area (Å²) in [4.78, 5) is 12.4. The Labute approximate surface area is 172 Å². The quantitative estimate of drug-likeness (QED) is 0.434. The van der Waals surface area contributed by atoms with Gasteiger partial charge < -0.3 is 15.9 Å². The Morgan fingerprint density at radius 1 is 1.24 bits per heavy atom. The van der Waals surface area contributed by atoms with Crippen LogP contribution in [0.2, 0.25) is 0 Å². The summed E-state index contributed by atoms with van der Waals surface area (Å²) in [5.41, 5.74) is 1.36. The second-order valence-corrected chi connectivity index (χ2v) is 7.61. The van der Waals surface area contributed by atoms with E-state index in [1.807, 2.05) is 24.3 Å². The monoisotopic (exact) mass is 415 g/mol. The van der Waals surface area contributed by atoms with Gasteiger partial charge in [-0.2, -0.15) is 0 Å². The Bertz CT molecular complexity index is 977. The molecule has 1 amide bonds. The number of rotatable bonds is 8. The molecule has 0 bridgehead atoms. The lowest BCUT2D eigenvalue weighted by Crippen LogP contribution is -2.32. The number of nitrogen functional groups attached to an aromatic ring is 1. The first-order valence-electron chi connectivity index (χ1n) is 9.02. The molecule has 9 heteroatoms. The van der Waals surface area contributed by atoms with Crippen LogP contribution in [-0.4, -0.2) is 39.7 Å². The van der Waals surface area contributed by atoms with Crippen LogP contribution in [0.15, 0.2) is 53.7 Å². The molecule has 0 aliphatic rings. The molecule has 0 aliphatic heterocycles. The van der Waals surface area contributed by atoms with Gasteiger partial charge in [-0.15, -0.1) is 10.2 Å². The van der Waals surface area contributed by atoms with Crippen molar-refractivity contribution in [3.63, 3.8) is 0 Å². The van der Waals surface area contributed by atoms with E-state index in [1.165, 1.54) is 10.7 Å². The molecule has 0 aliphatic carbocycles. The van der Waals surface area contributed by atoms with Crippen molar-refractivity contribution < 1.29 is 13.9 Å². The molecule has 0 radical (unpaired) electrons. The Kier molecular flexibility index (Phi) is 6.71. The van der Waals surface area contributed by atoms with Gasteiger partial charge in [0.15, 0.2) is 5.82 Å². The third kappa shape index (κ3) is 5.05. The largest absolute Gasteiger partial charge is 0.497 e. The van der Waals surface area contributed by atoms with Crippen molar-refractivity contribution in [2.45, 2.75) is 23.8 Å². The number of halogens is 1. The molecule has 0 saturated carbocycles. The fourth-order valence-corrected chi connectivity index (χ4v) is 3.46. The number of ether oxygens (including phenoxy) is 1. The minimum Gasteiger partial charge on any atom is -0.497 e. The first-order chi connectivity index (χ1) is 14.0. The number of nitrogens with zero attached hydrogens (tertiary/aromatic N) is 3. The highest BCUT2D eigenvalue weighted by Gasteiger charge is 2.20. The Morgan fingerprint density at radius 2 is 1.97 bits per heavy atom. The molecule has 0 unspecified atom stereocenters. The van der Waals surface area contributed by atoms with Crippen LogP contribution in [0.5, 0.6) is 5.75 Å². The van der Waals surface area contributed by atoms with E-state index in [0.29, 0.717) is 18.1 Å².